The van der Waals surface area contributed by atoms with Crippen LogP contribution in [0.5, 0.6) is 0 Å². The molecular formula is C11H18N4O. The lowest BCUT2D eigenvalue weighted by molar-refractivity contribution is 0.394. The van der Waals surface area contributed by atoms with Gasteiger partial charge in [0.25, 0.3) is 6.02 Å². The van der Waals surface area contributed by atoms with Crippen LogP contribution in [0, 0.1) is 0 Å². The van der Waals surface area contributed by atoms with Crippen LogP contribution in [0.2, 0.25) is 0 Å². The fourth-order valence-corrected chi connectivity index (χ4v) is 1.19. The van der Waals surface area contributed by atoms with E-state index in [0.717, 1.165) is 11.3 Å². The summed E-state index contributed by atoms with van der Waals surface area (Å²) in [7, 11) is 1.50. The third-order valence-corrected chi connectivity index (χ3v) is 2.11. The Morgan fingerprint density at radius 2 is 2.06 bits per heavy atom. The van der Waals surface area contributed by atoms with Crippen LogP contribution in [-0.2, 0) is 11.3 Å². The highest BCUT2D eigenvalue weighted by Crippen LogP contribution is 2.08. The molecule has 0 spiro atoms. The molecule has 0 radical (unpaired) electrons. The van der Waals surface area contributed by atoms with Crippen molar-refractivity contribution in [1.82, 2.24) is 0 Å². The van der Waals surface area contributed by atoms with Crippen LogP contribution in [-0.4, -0.2) is 26.2 Å². The molecule has 0 fully saturated rings. The summed E-state index contributed by atoms with van der Waals surface area (Å²) in [6.07, 6.45) is 0. The molecule has 0 saturated carbocycles. The summed E-state index contributed by atoms with van der Waals surface area (Å²) >= 11 is 0. The standard InChI is InChI=1S/C11H18N4O/c1-16-11(13)15-7-6-14-10-4-2-9(8-12)3-5-10/h2-5,14H,6-8,12H2,1H3,(H2,13,15). The number of rotatable bonds is 5. The number of nitrogens with two attached hydrogens (primary N) is 2. The van der Waals surface area contributed by atoms with Gasteiger partial charge in [-0.1, -0.05) is 12.1 Å². The van der Waals surface area contributed by atoms with E-state index < -0.39 is 0 Å². The van der Waals surface area contributed by atoms with E-state index in [1.54, 1.807) is 0 Å². The first kappa shape index (κ1) is 12.3. The number of nitrogens with one attached hydrogen (secondary N) is 1. The van der Waals surface area contributed by atoms with E-state index in [4.69, 9.17) is 16.2 Å². The molecule has 0 aliphatic rings. The number of amidine groups is 1. The molecule has 0 amide bonds. The van der Waals surface area contributed by atoms with Crippen molar-refractivity contribution in [2.45, 2.75) is 6.54 Å². The summed E-state index contributed by atoms with van der Waals surface area (Å²) in [4.78, 5) is 3.98. The minimum absolute atomic E-state index is 0.209. The van der Waals surface area contributed by atoms with Gasteiger partial charge < -0.3 is 21.5 Å². The Hall–Kier alpha value is -1.75. The van der Waals surface area contributed by atoms with E-state index in [0.29, 0.717) is 19.6 Å². The first-order valence-electron chi connectivity index (χ1n) is 5.13. The Bertz CT molecular complexity index is 334. The third-order valence-electron chi connectivity index (χ3n) is 2.11. The maximum absolute atomic E-state index is 5.50. The molecule has 5 heteroatoms. The second kappa shape index (κ2) is 6.68. The Balaban J connectivity index is 2.32. The van der Waals surface area contributed by atoms with Gasteiger partial charge in [0.15, 0.2) is 0 Å². The molecule has 0 aromatic heterocycles. The van der Waals surface area contributed by atoms with Crippen LogP contribution in [0.15, 0.2) is 29.3 Å². The zero-order valence-electron chi connectivity index (χ0n) is 9.44. The molecule has 1 rings (SSSR count). The summed E-state index contributed by atoms with van der Waals surface area (Å²) in [6.45, 7) is 1.86. The van der Waals surface area contributed by atoms with E-state index in [9.17, 15) is 0 Å². The molecule has 0 aliphatic carbocycles. The normalized spacial score (nSPS) is 11.2. The Morgan fingerprint density at radius 3 is 2.62 bits per heavy atom. The van der Waals surface area contributed by atoms with E-state index in [2.05, 4.69) is 10.3 Å². The minimum Gasteiger partial charge on any atom is -0.469 e. The zero-order valence-corrected chi connectivity index (χ0v) is 9.44. The average molecular weight is 222 g/mol. The van der Waals surface area contributed by atoms with Gasteiger partial charge in [0.05, 0.1) is 13.7 Å². The van der Waals surface area contributed by atoms with Gasteiger partial charge in [-0.05, 0) is 17.7 Å². The summed E-state index contributed by atoms with van der Waals surface area (Å²) in [5.41, 5.74) is 13.0. The molecule has 0 aliphatic heterocycles. The summed E-state index contributed by atoms with van der Waals surface area (Å²) in [5, 5.41) is 3.22. The lowest BCUT2D eigenvalue weighted by Crippen LogP contribution is -2.16. The van der Waals surface area contributed by atoms with Crippen molar-refractivity contribution < 1.29 is 4.74 Å². The predicted octanol–water partition coefficient (Wildman–Crippen LogP) is 0.518. The van der Waals surface area contributed by atoms with Crippen LogP contribution in [0.4, 0.5) is 5.69 Å². The van der Waals surface area contributed by atoms with Crippen LogP contribution >= 0.6 is 0 Å². The van der Waals surface area contributed by atoms with Gasteiger partial charge in [0, 0.05) is 18.8 Å². The number of aliphatic imine (C=N–C) groups is 1. The summed E-state index contributed by atoms with van der Waals surface area (Å²) in [5.74, 6) is 0. The summed E-state index contributed by atoms with van der Waals surface area (Å²) < 4.78 is 4.72. The number of methoxy groups -OCH3 is 1. The lowest BCUT2D eigenvalue weighted by atomic mass is 10.2. The smallest absolute Gasteiger partial charge is 0.281 e. The highest BCUT2D eigenvalue weighted by Gasteiger charge is 1.92. The van der Waals surface area contributed by atoms with E-state index in [1.807, 2.05) is 24.3 Å². The van der Waals surface area contributed by atoms with Crippen molar-refractivity contribution in [3.8, 4) is 0 Å². The van der Waals surface area contributed by atoms with Crippen LogP contribution in [0.1, 0.15) is 5.56 Å². The molecule has 1 aromatic rings. The number of hydrogen-bond donors (Lipinski definition) is 3. The topological polar surface area (TPSA) is 85.7 Å². The number of hydrogen-bond acceptors (Lipinski definition) is 4. The predicted molar refractivity (Wildman–Crippen MR) is 66.3 cm³/mol. The maximum atomic E-state index is 5.50. The number of ether oxygens (including phenoxy) is 1. The van der Waals surface area contributed by atoms with Crippen molar-refractivity contribution in [3.63, 3.8) is 0 Å². The molecule has 0 bridgehead atoms. The molecule has 0 unspecified atom stereocenters. The Morgan fingerprint density at radius 1 is 1.38 bits per heavy atom. The van der Waals surface area contributed by atoms with Gasteiger partial charge in [-0.3, -0.25) is 0 Å². The quantitative estimate of drug-likeness (QED) is 0.385. The van der Waals surface area contributed by atoms with Gasteiger partial charge in [-0.25, -0.2) is 4.99 Å². The fourth-order valence-electron chi connectivity index (χ4n) is 1.19. The maximum Gasteiger partial charge on any atom is 0.281 e. The van der Waals surface area contributed by atoms with Gasteiger partial charge in [0.1, 0.15) is 0 Å². The van der Waals surface area contributed by atoms with Crippen LogP contribution in [0.25, 0.3) is 0 Å². The van der Waals surface area contributed by atoms with E-state index in [-0.39, 0.29) is 6.02 Å². The minimum atomic E-state index is 0.209. The van der Waals surface area contributed by atoms with Gasteiger partial charge in [0.2, 0.25) is 0 Å². The van der Waals surface area contributed by atoms with E-state index >= 15 is 0 Å². The summed E-state index contributed by atoms with van der Waals surface area (Å²) in [6, 6.07) is 8.18. The van der Waals surface area contributed by atoms with Gasteiger partial charge in [-0.15, -0.1) is 0 Å². The van der Waals surface area contributed by atoms with Crippen molar-refractivity contribution in [1.29, 1.82) is 0 Å². The molecule has 0 saturated heterocycles. The molecule has 1 aromatic carbocycles. The highest BCUT2D eigenvalue weighted by atomic mass is 16.5. The molecular weight excluding hydrogens is 204 g/mol. The van der Waals surface area contributed by atoms with Crippen LogP contribution in [0.3, 0.4) is 0 Å². The molecule has 0 atom stereocenters. The van der Waals surface area contributed by atoms with Crippen molar-refractivity contribution in [2.75, 3.05) is 25.5 Å². The highest BCUT2D eigenvalue weighted by molar-refractivity contribution is 5.71. The Labute approximate surface area is 95.5 Å². The number of nitrogens with zero attached hydrogens (tertiary/aromatic N) is 1. The average Bonchev–Trinajstić information content (AvgIpc) is 2.35. The Kier molecular flexibility index (Phi) is 5.15. The fraction of sp³-hybridized carbons (Fsp3) is 0.364. The van der Waals surface area contributed by atoms with Crippen molar-refractivity contribution >= 4 is 11.7 Å². The van der Waals surface area contributed by atoms with Gasteiger partial charge in [-0.2, -0.15) is 0 Å². The van der Waals surface area contributed by atoms with E-state index in [1.165, 1.54) is 7.11 Å². The number of benzene rings is 1. The second-order valence-corrected chi connectivity index (χ2v) is 3.25. The molecule has 5 N–H and O–H groups in total. The second-order valence-electron chi connectivity index (χ2n) is 3.25. The zero-order chi connectivity index (χ0) is 11.8. The lowest BCUT2D eigenvalue weighted by Gasteiger charge is -2.05. The molecule has 88 valence electrons. The third kappa shape index (κ3) is 4.18. The largest absolute Gasteiger partial charge is 0.469 e. The molecule has 16 heavy (non-hydrogen) atoms. The first-order chi connectivity index (χ1) is 7.76. The van der Waals surface area contributed by atoms with Gasteiger partial charge >= 0.3 is 0 Å². The first-order valence-corrected chi connectivity index (χ1v) is 5.13. The van der Waals surface area contributed by atoms with Crippen molar-refractivity contribution in [3.05, 3.63) is 29.8 Å². The molecule has 5 nitrogen and oxygen atoms in total. The number of anilines is 1. The van der Waals surface area contributed by atoms with Crippen molar-refractivity contribution in [2.24, 2.45) is 16.5 Å². The molecule has 0 heterocycles. The monoisotopic (exact) mass is 222 g/mol. The SMILES string of the molecule is COC(N)=NCCNc1ccc(CN)cc1. The van der Waals surface area contributed by atoms with Crippen LogP contribution < -0.4 is 16.8 Å².